The van der Waals surface area contributed by atoms with Gasteiger partial charge in [-0.1, -0.05) is 32.8 Å². The molecule has 0 amide bonds. The van der Waals surface area contributed by atoms with Crippen LogP contribution in [0.4, 0.5) is 0 Å². The Morgan fingerprint density at radius 3 is 2.53 bits per heavy atom. The second kappa shape index (κ2) is 10.3. The van der Waals surface area contributed by atoms with Crippen LogP contribution >= 0.6 is 0 Å². The second-order valence-electron chi connectivity index (χ2n) is 3.84. The van der Waals surface area contributed by atoms with Crippen LogP contribution in [0.25, 0.3) is 0 Å². The summed E-state index contributed by atoms with van der Waals surface area (Å²) >= 11 is 0. The van der Waals surface area contributed by atoms with Crippen molar-refractivity contribution >= 4 is 5.97 Å². The SMILES string of the molecule is C=CC(=O)OC(C)OC(C)OCCCCCC. The molecule has 0 spiro atoms. The summed E-state index contributed by atoms with van der Waals surface area (Å²) in [6.45, 7) is 9.59. The van der Waals surface area contributed by atoms with E-state index in [1.807, 2.05) is 0 Å². The Morgan fingerprint density at radius 1 is 1.24 bits per heavy atom. The first-order valence-corrected chi connectivity index (χ1v) is 6.20. The van der Waals surface area contributed by atoms with Gasteiger partial charge in [0, 0.05) is 12.7 Å². The third kappa shape index (κ3) is 10.0. The van der Waals surface area contributed by atoms with Gasteiger partial charge in [-0.3, -0.25) is 0 Å². The van der Waals surface area contributed by atoms with E-state index in [4.69, 9.17) is 14.2 Å². The molecule has 0 heterocycles. The first kappa shape index (κ1) is 16.1. The summed E-state index contributed by atoms with van der Waals surface area (Å²) in [5.74, 6) is -0.493. The summed E-state index contributed by atoms with van der Waals surface area (Å²) in [5.41, 5.74) is 0. The molecule has 0 fully saturated rings. The summed E-state index contributed by atoms with van der Waals surface area (Å²) < 4.78 is 15.6. The highest BCUT2D eigenvalue weighted by Crippen LogP contribution is 2.05. The van der Waals surface area contributed by atoms with Crippen molar-refractivity contribution in [2.45, 2.75) is 59.0 Å². The highest BCUT2D eigenvalue weighted by molar-refractivity contribution is 5.81. The molecule has 17 heavy (non-hydrogen) atoms. The molecule has 0 aromatic carbocycles. The maximum absolute atomic E-state index is 10.9. The van der Waals surface area contributed by atoms with Crippen molar-refractivity contribution in [3.63, 3.8) is 0 Å². The summed E-state index contributed by atoms with van der Waals surface area (Å²) in [6, 6.07) is 0. The minimum Gasteiger partial charge on any atom is -0.433 e. The van der Waals surface area contributed by atoms with E-state index in [1.54, 1.807) is 13.8 Å². The Hall–Kier alpha value is -0.870. The zero-order chi connectivity index (χ0) is 13.1. The van der Waals surface area contributed by atoms with E-state index in [9.17, 15) is 4.79 Å². The van der Waals surface area contributed by atoms with Crippen LogP contribution in [-0.4, -0.2) is 25.2 Å². The Morgan fingerprint density at radius 2 is 1.94 bits per heavy atom. The van der Waals surface area contributed by atoms with Crippen LogP contribution in [0.2, 0.25) is 0 Å². The lowest BCUT2D eigenvalue weighted by Gasteiger charge is -2.19. The number of esters is 1. The zero-order valence-corrected chi connectivity index (χ0v) is 11.1. The molecule has 0 aliphatic carbocycles. The number of unbranched alkanes of at least 4 members (excludes halogenated alkanes) is 3. The fourth-order valence-electron chi connectivity index (χ4n) is 1.33. The lowest BCUT2D eigenvalue weighted by Crippen LogP contribution is -2.24. The highest BCUT2D eigenvalue weighted by Gasteiger charge is 2.11. The van der Waals surface area contributed by atoms with Gasteiger partial charge in [-0.05, 0) is 20.3 Å². The summed E-state index contributed by atoms with van der Waals surface area (Å²) in [5, 5.41) is 0. The molecule has 0 saturated carbocycles. The molecule has 2 atom stereocenters. The molecule has 0 aliphatic rings. The van der Waals surface area contributed by atoms with Crippen LogP contribution in [0.3, 0.4) is 0 Å². The van der Waals surface area contributed by atoms with Gasteiger partial charge in [-0.15, -0.1) is 0 Å². The van der Waals surface area contributed by atoms with Gasteiger partial charge in [0.05, 0.1) is 0 Å². The predicted octanol–water partition coefficient (Wildman–Crippen LogP) is 3.02. The molecule has 0 radical (unpaired) electrons. The van der Waals surface area contributed by atoms with Crippen molar-refractivity contribution in [2.75, 3.05) is 6.61 Å². The monoisotopic (exact) mass is 244 g/mol. The fourth-order valence-corrected chi connectivity index (χ4v) is 1.33. The van der Waals surface area contributed by atoms with Gasteiger partial charge in [-0.25, -0.2) is 4.79 Å². The first-order valence-electron chi connectivity index (χ1n) is 6.20. The lowest BCUT2D eigenvalue weighted by molar-refractivity contribution is -0.226. The molecule has 0 N–H and O–H groups in total. The molecule has 0 aromatic rings. The number of carbonyl (C=O) groups is 1. The van der Waals surface area contributed by atoms with Gasteiger partial charge in [0.15, 0.2) is 6.29 Å². The molecule has 100 valence electrons. The van der Waals surface area contributed by atoms with Gasteiger partial charge in [0.2, 0.25) is 6.29 Å². The molecule has 0 aromatic heterocycles. The number of hydrogen-bond acceptors (Lipinski definition) is 4. The van der Waals surface area contributed by atoms with Crippen molar-refractivity contribution in [2.24, 2.45) is 0 Å². The van der Waals surface area contributed by atoms with Crippen molar-refractivity contribution in [1.82, 2.24) is 0 Å². The van der Waals surface area contributed by atoms with E-state index in [-0.39, 0.29) is 6.29 Å². The minimum absolute atomic E-state index is 0.371. The fraction of sp³-hybridized carbons (Fsp3) is 0.769. The average Bonchev–Trinajstić information content (AvgIpc) is 2.28. The molecule has 4 nitrogen and oxygen atoms in total. The maximum atomic E-state index is 10.9. The number of ether oxygens (including phenoxy) is 3. The van der Waals surface area contributed by atoms with Gasteiger partial charge in [0.1, 0.15) is 0 Å². The van der Waals surface area contributed by atoms with E-state index in [0.717, 1.165) is 12.5 Å². The normalized spacial score (nSPS) is 14.1. The van der Waals surface area contributed by atoms with Crippen molar-refractivity contribution < 1.29 is 19.0 Å². The molecule has 0 bridgehead atoms. The molecule has 0 aliphatic heterocycles. The Labute approximate surface area is 104 Å². The second-order valence-corrected chi connectivity index (χ2v) is 3.84. The first-order chi connectivity index (χ1) is 8.10. The number of carbonyl (C=O) groups excluding carboxylic acids is 1. The third-order valence-electron chi connectivity index (χ3n) is 2.18. The van der Waals surface area contributed by atoms with Crippen LogP contribution in [-0.2, 0) is 19.0 Å². The summed E-state index contributed by atoms with van der Waals surface area (Å²) in [6.07, 6.45) is 4.75. The van der Waals surface area contributed by atoms with Crippen molar-refractivity contribution in [3.05, 3.63) is 12.7 Å². The molecule has 0 saturated heterocycles. The topological polar surface area (TPSA) is 44.8 Å². The smallest absolute Gasteiger partial charge is 0.332 e. The van der Waals surface area contributed by atoms with Gasteiger partial charge in [0.25, 0.3) is 0 Å². The van der Waals surface area contributed by atoms with Crippen LogP contribution in [0.1, 0.15) is 46.5 Å². The molecule has 0 rings (SSSR count). The predicted molar refractivity (Wildman–Crippen MR) is 66.4 cm³/mol. The highest BCUT2D eigenvalue weighted by atomic mass is 16.8. The maximum Gasteiger partial charge on any atom is 0.332 e. The molecular weight excluding hydrogens is 220 g/mol. The molecular formula is C13H24O4. The van der Waals surface area contributed by atoms with Crippen molar-refractivity contribution in [3.8, 4) is 0 Å². The Balaban J connectivity index is 3.53. The number of hydrogen-bond donors (Lipinski definition) is 0. The summed E-state index contributed by atoms with van der Waals surface area (Å²) in [4.78, 5) is 10.9. The van der Waals surface area contributed by atoms with Crippen LogP contribution < -0.4 is 0 Å². The Kier molecular flexibility index (Phi) is 9.77. The quantitative estimate of drug-likeness (QED) is 0.256. The largest absolute Gasteiger partial charge is 0.433 e. The van der Waals surface area contributed by atoms with Crippen LogP contribution in [0.5, 0.6) is 0 Å². The van der Waals surface area contributed by atoms with Gasteiger partial charge >= 0.3 is 5.97 Å². The van der Waals surface area contributed by atoms with E-state index in [2.05, 4.69) is 13.5 Å². The van der Waals surface area contributed by atoms with E-state index >= 15 is 0 Å². The Bertz CT molecular complexity index is 215. The third-order valence-corrected chi connectivity index (χ3v) is 2.18. The van der Waals surface area contributed by atoms with E-state index in [0.29, 0.717) is 6.61 Å². The van der Waals surface area contributed by atoms with Crippen LogP contribution in [0.15, 0.2) is 12.7 Å². The summed E-state index contributed by atoms with van der Waals surface area (Å²) in [7, 11) is 0. The van der Waals surface area contributed by atoms with E-state index < -0.39 is 12.3 Å². The lowest BCUT2D eigenvalue weighted by atomic mass is 10.2. The van der Waals surface area contributed by atoms with Gasteiger partial charge in [-0.2, -0.15) is 0 Å². The number of rotatable bonds is 10. The molecule has 2 unspecified atom stereocenters. The molecule has 4 heteroatoms. The van der Waals surface area contributed by atoms with Crippen molar-refractivity contribution in [1.29, 1.82) is 0 Å². The van der Waals surface area contributed by atoms with Crippen LogP contribution in [0, 0.1) is 0 Å². The standard InChI is InChI=1S/C13H24O4/c1-5-7-8-9-10-15-11(3)16-12(4)17-13(14)6-2/h6,11-12H,2,5,7-10H2,1,3-4H3. The average molecular weight is 244 g/mol. The van der Waals surface area contributed by atoms with E-state index in [1.165, 1.54) is 19.3 Å². The van der Waals surface area contributed by atoms with Gasteiger partial charge < -0.3 is 14.2 Å². The zero-order valence-electron chi connectivity index (χ0n) is 11.1. The minimum atomic E-state index is -0.619.